The maximum absolute atomic E-state index is 13.7. The van der Waals surface area contributed by atoms with Crippen molar-refractivity contribution in [3.05, 3.63) is 23.3 Å². The van der Waals surface area contributed by atoms with Gasteiger partial charge >= 0.3 is 19.2 Å². The van der Waals surface area contributed by atoms with E-state index in [1.54, 1.807) is 47.6 Å². The molecule has 0 aromatic heterocycles. The second-order valence-electron chi connectivity index (χ2n) is 14.4. The molecule has 5 aliphatic rings. The molecule has 4 saturated carbocycles. The van der Waals surface area contributed by atoms with Gasteiger partial charge in [-0.2, -0.15) is 0 Å². The first kappa shape index (κ1) is 28.4. The van der Waals surface area contributed by atoms with Crippen LogP contribution in [0.15, 0.2) is 12.1 Å². The number of hydrogen-bond donors (Lipinski definition) is 0. The molecule has 1 aromatic rings. The van der Waals surface area contributed by atoms with Gasteiger partial charge in [-0.05, 0) is 97.0 Å². The number of carbonyl (C=O) groups excluding carboxylic acids is 2. The Balaban J connectivity index is 1.55. The van der Waals surface area contributed by atoms with Crippen molar-refractivity contribution in [2.75, 3.05) is 0 Å². The maximum Gasteiger partial charge on any atom is 0.514 e. The monoisotopic (exact) mass is 542 g/mol. The van der Waals surface area contributed by atoms with E-state index in [9.17, 15) is 9.59 Å². The number of carbonyl (C=O) groups is 2. The van der Waals surface area contributed by atoms with Crippen LogP contribution >= 0.6 is 0 Å². The number of ether oxygens (including phenoxy) is 4. The Morgan fingerprint density at radius 2 is 1.67 bits per heavy atom. The lowest BCUT2D eigenvalue weighted by atomic mass is 9.43. The van der Waals surface area contributed by atoms with Crippen LogP contribution in [0.3, 0.4) is 0 Å². The Kier molecular flexibility index (Phi) is 6.92. The van der Waals surface area contributed by atoms with Crippen LogP contribution in [-0.2, 0) is 30.1 Å². The molecular formula is C30H43BO8. The zero-order valence-electron chi connectivity index (χ0n) is 24.8. The summed E-state index contributed by atoms with van der Waals surface area (Å²) >= 11 is 0. The van der Waals surface area contributed by atoms with Gasteiger partial charge in [0.05, 0.1) is 24.4 Å². The van der Waals surface area contributed by atoms with E-state index in [1.807, 2.05) is 6.07 Å². The zero-order chi connectivity index (χ0) is 28.5. The first-order valence-corrected chi connectivity index (χ1v) is 14.2. The van der Waals surface area contributed by atoms with Crippen molar-refractivity contribution in [1.82, 2.24) is 0 Å². The van der Waals surface area contributed by atoms with Gasteiger partial charge in [0, 0.05) is 5.46 Å². The highest BCUT2D eigenvalue weighted by molar-refractivity contribution is 6.63. The van der Waals surface area contributed by atoms with E-state index < -0.39 is 36.0 Å². The van der Waals surface area contributed by atoms with Crippen LogP contribution in [0.4, 0.5) is 4.79 Å². The Morgan fingerprint density at radius 1 is 1.00 bits per heavy atom. The van der Waals surface area contributed by atoms with Crippen LogP contribution in [0.2, 0.25) is 0 Å². The molecule has 1 aromatic carbocycles. The standard InChI is InChI=1S/C30H43BO8/c1-27(2,3)36-25(32)23-17(16-34-19-11-12-19)10-13-20(24(23)35-26(33)37-28(4,5)6)31-38-22-15-18-14-21(29(18,7)8)30(22,9)39-31/h10,13,18-19,21-22H,11-12,14-16H2,1-9H3/t18-,21-,22?,30+/m1/s1. The highest BCUT2D eigenvalue weighted by Gasteiger charge is 2.68. The van der Waals surface area contributed by atoms with Crippen molar-refractivity contribution in [2.45, 2.75) is 124 Å². The third kappa shape index (κ3) is 5.59. The fourth-order valence-corrected chi connectivity index (χ4v) is 6.40. The molecule has 0 spiro atoms. The van der Waals surface area contributed by atoms with E-state index in [2.05, 4.69) is 20.8 Å². The number of benzene rings is 1. The molecule has 5 fully saturated rings. The summed E-state index contributed by atoms with van der Waals surface area (Å²) in [7, 11) is -0.813. The summed E-state index contributed by atoms with van der Waals surface area (Å²) in [5.41, 5.74) is -0.695. The quantitative estimate of drug-likeness (QED) is 0.262. The van der Waals surface area contributed by atoms with Gasteiger partial charge in [-0.3, -0.25) is 0 Å². The topological polar surface area (TPSA) is 89.5 Å². The molecule has 8 nitrogen and oxygen atoms in total. The molecule has 0 radical (unpaired) electrons. The van der Waals surface area contributed by atoms with E-state index >= 15 is 0 Å². The Labute approximate surface area is 232 Å². The molecule has 9 heteroatoms. The lowest BCUT2D eigenvalue weighted by Gasteiger charge is -2.64. The van der Waals surface area contributed by atoms with Crippen molar-refractivity contribution >= 4 is 24.7 Å². The summed E-state index contributed by atoms with van der Waals surface area (Å²) in [5.74, 6) is 0.363. The van der Waals surface area contributed by atoms with Crippen LogP contribution in [0.25, 0.3) is 0 Å². The van der Waals surface area contributed by atoms with E-state index in [-0.39, 0.29) is 35.5 Å². The van der Waals surface area contributed by atoms with Crippen LogP contribution in [-0.4, -0.2) is 48.3 Å². The van der Waals surface area contributed by atoms with Crippen LogP contribution in [0.5, 0.6) is 5.75 Å². The molecule has 1 heterocycles. The number of rotatable bonds is 6. The van der Waals surface area contributed by atoms with Gasteiger partial charge in [0.2, 0.25) is 0 Å². The van der Waals surface area contributed by atoms with Crippen molar-refractivity contribution < 1.29 is 37.8 Å². The Morgan fingerprint density at radius 3 is 2.26 bits per heavy atom. The van der Waals surface area contributed by atoms with Crippen LogP contribution in [0.1, 0.15) is 104 Å². The van der Waals surface area contributed by atoms with Gasteiger partial charge < -0.3 is 28.3 Å². The summed E-state index contributed by atoms with van der Waals surface area (Å²) in [4.78, 5) is 26.7. The van der Waals surface area contributed by atoms with E-state index in [4.69, 9.17) is 28.3 Å². The molecule has 1 aliphatic heterocycles. The van der Waals surface area contributed by atoms with Gasteiger partial charge in [-0.25, -0.2) is 9.59 Å². The highest BCUT2D eigenvalue weighted by atomic mass is 16.7. The summed E-state index contributed by atoms with van der Waals surface area (Å²) in [6.45, 7) is 17.6. The molecule has 0 N–H and O–H groups in total. The minimum absolute atomic E-state index is 0.0363. The van der Waals surface area contributed by atoms with E-state index in [0.717, 1.165) is 25.7 Å². The lowest BCUT2D eigenvalue weighted by molar-refractivity contribution is -0.199. The molecular weight excluding hydrogens is 499 g/mol. The Bertz CT molecular complexity index is 1140. The third-order valence-electron chi connectivity index (χ3n) is 8.65. The van der Waals surface area contributed by atoms with E-state index in [1.165, 1.54) is 0 Å². The molecule has 0 amide bonds. The fraction of sp³-hybridized carbons (Fsp3) is 0.733. The highest BCUT2D eigenvalue weighted by Crippen LogP contribution is 2.65. The van der Waals surface area contributed by atoms with Gasteiger partial charge in [0.1, 0.15) is 22.5 Å². The molecule has 1 unspecified atom stereocenters. The van der Waals surface area contributed by atoms with Crippen molar-refractivity contribution in [3.8, 4) is 5.75 Å². The molecule has 1 saturated heterocycles. The number of esters is 1. The fourth-order valence-electron chi connectivity index (χ4n) is 6.40. The molecule has 2 bridgehead atoms. The average Bonchev–Trinajstić information content (AvgIpc) is 3.53. The molecule has 214 valence electrons. The zero-order valence-corrected chi connectivity index (χ0v) is 24.8. The van der Waals surface area contributed by atoms with Gasteiger partial charge in [0.15, 0.2) is 0 Å². The number of hydrogen-bond acceptors (Lipinski definition) is 8. The third-order valence-corrected chi connectivity index (χ3v) is 8.65. The summed E-state index contributed by atoms with van der Waals surface area (Å²) in [5, 5.41) is 0. The summed E-state index contributed by atoms with van der Waals surface area (Å²) in [6, 6.07) is 3.62. The van der Waals surface area contributed by atoms with Crippen LogP contribution < -0.4 is 10.2 Å². The normalized spacial score (nSPS) is 29.4. The maximum atomic E-state index is 13.7. The van der Waals surface area contributed by atoms with Gasteiger partial charge in [-0.15, -0.1) is 0 Å². The lowest BCUT2D eigenvalue weighted by Crippen LogP contribution is -2.65. The van der Waals surface area contributed by atoms with Crippen LogP contribution in [0, 0.1) is 17.3 Å². The average molecular weight is 542 g/mol. The van der Waals surface area contributed by atoms with Gasteiger partial charge in [0.25, 0.3) is 0 Å². The summed E-state index contributed by atoms with van der Waals surface area (Å²) < 4.78 is 36.3. The SMILES string of the molecule is CC(C)(C)OC(=O)Oc1c(B2OC3C[C@H]4C[C@H](C4(C)C)[C@]3(C)O2)ccc(COC2CC2)c1C(=O)OC(C)(C)C. The largest absolute Gasteiger partial charge is 0.514 e. The first-order valence-electron chi connectivity index (χ1n) is 14.2. The minimum atomic E-state index is -0.918. The Hall–Kier alpha value is -2.10. The second kappa shape index (κ2) is 9.49. The minimum Gasteiger partial charge on any atom is -0.456 e. The predicted octanol–water partition coefficient (Wildman–Crippen LogP) is 5.57. The smallest absolute Gasteiger partial charge is 0.456 e. The second-order valence-corrected chi connectivity index (χ2v) is 14.4. The van der Waals surface area contributed by atoms with Crippen molar-refractivity contribution in [1.29, 1.82) is 0 Å². The first-order chi connectivity index (χ1) is 18.0. The molecule has 6 rings (SSSR count). The van der Waals surface area contributed by atoms with Crippen molar-refractivity contribution in [2.24, 2.45) is 17.3 Å². The molecule has 4 atom stereocenters. The molecule has 39 heavy (non-hydrogen) atoms. The molecule has 4 aliphatic carbocycles. The van der Waals surface area contributed by atoms with Crippen molar-refractivity contribution in [3.63, 3.8) is 0 Å². The summed E-state index contributed by atoms with van der Waals surface area (Å²) in [6.07, 6.45) is 3.16. The van der Waals surface area contributed by atoms with E-state index in [0.29, 0.717) is 22.9 Å². The van der Waals surface area contributed by atoms with Gasteiger partial charge in [-0.1, -0.05) is 26.0 Å². The predicted molar refractivity (Wildman–Crippen MR) is 146 cm³/mol.